The van der Waals surface area contributed by atoms with Gasteiger partial charge in [-0.05, 0) is 37.8 Å². The Kier molecular flexibility index (Phi) is 3.33. The Hall–Kier alpha value is -0.120. The van der Waals surface area contributed by atoms with Crippen LogP contribution in [0.2, 0.25) is 0 Å². The van der Waals surface area contributed by atoms with E-state index in [0.717, 1.165) is 31.2 Å². The standard InChI is InChI=1S/C12H24N2O/c1-3-12(15,4-2)9-14-7-10-5-13-6-11(10)8-14/h10-11,13,15H,3-9H2,1-2H3. The Morgan fingerprint density at radius 3 is 2.20 bits per heavy atom. The molecule has 2 fully saturated rings. The molecule has 0 saturated carbocycles. The predicted octanol–water partition coefficient (Wildman–Crippen LogP) is 0.689. The zero-order chi connectivity index (χ0) is 10.9. The SMILES string of the molecule is CCC(O)(CC)CN1CC2CNCC2C1. The maximum atomic E-state index is 10.3. The zero-order valence-electron chi connectivity index (χ0n) is 10.00. The molecule has 2 rings (SSSR count). The van der Waals surface area contributed by atoms with Crippen molar-refractivity contribution in [3.8, 4) is 0 Å². The van der Waals surface area contributed by atoms with Gasteiger partial charge >= 0.3 is 0 Å². The van der Waals surface area contributed by atoms with E-state index in [1.54, 1.807) is 0 Å². The Morgan fingerprint density at radius 2 is 1.73 bits per heavy atom. The Morgan fingerprint density at radius 1 is 1.20 bits per heavy atom. The molecular formula is C12H24N2O. The summed E-state index contributed by atoms with van der Waals surface area (Å²) < 4.78 is 0. The third-order valence-electron chi connectivity index (χ3n) is 4.30. The van der Waals surface area contributed by atoms with Crippen LogP contribution in [0, 0.1) is 11.8 Å². The topological polar surface area (TPSA) is 35.5 Å². The molecule has 0 aliphatic carbocycles. The summed E-state index contributed by atoms with van der Waals surface area (Å²) >= 11 is 0. The Balaban J connectivity index is 1.86. The first-order valence-corrected chi connectivity index (χ1v) is 6.32. The number of hydrogen-bond donors (Lipinski definition) is 2. The van der Waals surface area contributed by atoms with Crippen molar-refractivity contribution in [3.05, 3.63) is 0 Å². The third-order valence-corrected chi connectivity index (χ3v) is 4.30. The van der Waals surface area contributed by atoms with Crippen LogP contribution in [0.25, 0.3) is 0 Å². The lowest BCUT2D eigenvalue weighted by Crippen LogP contribution is -2.42. The van der Waals surface area contributed by atoms with Crippen LogP contribution in [0.5, 0.6) is 0 Å². The van der Waals surface area contributed by atoms with Gasteiger partial charge in [-0.15, -0.1) is 0 Å². The second-order valence-electron chi connectivity index (χ2n) is 5.30. The largest absolute Gasteiger partial charge is 0.389 e. The van der Waals surface area contributed by atoms with E-state index in [9.17, 15) is 5.11 Å². The highest BCUT2D eigenvalue weighted by atomic mass is 16.3. The Labute approximate surface area is 92.8 Å². The smallest absolute Gasteiger partial charge is 0.0768 e. The number of aliphatic hydroxyl groups is 1. The summed E-state index contributed by atoms with van der Waals surface area (Å²) in [5.74, 6) is 1.67. The first kappa shape index (κ1) is 11.4. The average molecular weight is 212 g/mol. The van der Waals surface area contributed by atoms with Crippen molar-refractivity contribution >= 4 is 0 Å². The van der Waals surface area contributed by atoms with Crippen molar-refractivity contribution in [2.75, 3.05) is 32.7 Å². The highest BCUT2D eigenvalue weighted by Crippen LogP contribution is 2.28. The molecule has 3 nitrogen and oxygen atoms in total. The van der Waals surface area contributed by atoms with E-state index < -0.39 is 5.60 Å². The molecule has 0 bridgehead atoms. The summed E-state index contributed by atoms with van der Waals surface area (Å²) in [6, 6.07) is 0. The summed E-state index contributed by atoms with van der Waals surface area (Å²) in [7, 11) is 0. The normalized spacial score (nSPS) is 32.2. The summed E-state index contributed by atoms with van der Waals surface area (Å²) in [6.07, 6.45) is 1.74. The molecule has 0 spiro atoms. The summed E-state index contributed by atoms with van der Waals surface area (Å²) in [6.45, 7) is 9.76. The first-order valence-electron chi connectivity index (χ1n) is 6.32. The molecule has 2 atom stereocenters. The molecule has 0 aromatic heterocycles. The van der Waals surface area contributed by atoms with E-state index in [-0.39, 0.29) is 0 Å². The number of β-amino-alcohol motifs (C(OH)–C–C–N with tert-alkyl or cyclic N) is 1. The lowest BCUT2D eigenvalue weighted by molar-refractivity contribution is 0.000805. The number of nitrogens with one attached hydrogen (secondary N) is 1. The molecule has 2 saturated heterocycles. The van der Waals surface area contributed by atoms with Gasteiger partial charge in [-0.3, -0.25) is 4.90 Å². The number of likely N-dealkylation sites (tertiary alicyclic amines) is 1. The van der Waals surface area contributed by atoms with Crippen LogP contribution in [-0.4, -0.2) is 48.3 Å². The van der Waals surface area contributed by atoms with E-state index in [1.807, 2.05) is 0 Å². The third kappa shape index (κ3) is 2.35. The molecule has 2 aliphatic rings. The molecule has 2 unspecified atom stereocenters. The van der Waals surface area contributed by atoms with Crippen LogP contribution in [0.4, 0.5) is 0 Å². The van der Waals surface area contributed by atoms with Crippen LogP contribution < -0.4 is 5.32 Å². The minimum Gasteiger partial charge on any atom is -0.389 e. The molecule has 0 amide bonds. The summed E-state index contributed by atoms with van der Waals surface area (Å²) in [5.41, 5.74) is -0.452. The fourth-order valence-electron chi connectivity index (χ4n) is 2.97. The number of hydrogen-bond acceptors (Lipinski definition) is 3. The van der Waals surface area contributed by atoms with E-state index in [4.69, 9.17) is 0 Å². The van der Waals surface area contributed by atoms with E-state index in [0.29, 0.717) is 0 Å². The summed E-state index contributed by atoms with van der Waals surface area (Å²) in [4.78, 5) is 2.46. The van der Waals surface area contributed by atoms with Crippen molar-refractivity contribution < 1.29 is 5.11 Å². The molecule has 2 N–H and O–H groups in total. The molecular weight excluding hydrogens is 188 g/mol. The zero-order valence-corrected chi connectivity index (χ0v) is 10.00. The maximum Gasteiger partial charge on any atom is 0.0768 e. The number of nitrogens with zero attached hydrogens (tertiary/aromatic N) is 1. The van der Waals surface area contributed by atoms with Crippen molar-refractivity contribution in [1.82, 2.24) is 10.2 Å². The van der Waals surface area contributed by atoms with Gasteiger partial charge in [0.15, 0.2) is 0 Å². The van der Waals surface area contributed by atoms with Crippen molar-refractivity contribution in [3.63, 3.8) is 0 Å². The molecule has 0 aromatic rings. The fraction of sp³-hybridized carbons (Fsp3) is 1.00. The molecule has 0 radical (unpaired) electrons. The fourth-order valence-corrected chi connectivity index (χ4v) is 2.97. The van der Waals surface area contributed by atoms with Crippen LogP contribution >= 0.6 is 0 Å². The second-order valence-corrected chi connectivity index (χ2v) is 5.30. The number of fused-ring (bicyclic) bond motifs is 1. The molecule has 2 aliphatic heterocycles. The van der Waals surface area contributed by atoms with Gasteiger partial charge in [-0.25, -0.2) is 0 Å². The predicted molar refractivity (Wildman–Crippen MR) is 61.8 cm³/mol. The van der Waals surface area contributed by atoms with Gasteiger partial charge < -0.3 is 10.4 Å². The van der Waals surface area contributed by atoms with E-state index >= 15 is 0 Å². The second kappa shape index (κ2) is 4.40. The number of rotatable bonds is 4. The molecule has 2 heterocycles. The first-order chi connectivity index (χ1) is 7.17. The molecule has 15 heavy (non-hydrogen) atoms. The Bertz CT molecular complexity index is 204. The van der Waals surface area contributed by atoms with Gasteiger partial charge in [0.05, 0.1) is 5.60 Å². The quantitative estimate of drug-likeness (QED) is 0.719. The lowest BCUT2D eigenvalue weighted by Gasteiger charge is -2.31. The van der Waals surface area contributed by atoms with Crippen LogP contribution in [0.3, 0.4) is 0 Å². The van der Waals surface area contributed by atoms with E-state index in [2.05, 4.69) is 24.1 Å². The summed E-state index contributed by atoms with van der Waals surface area (Å²) in [5, 5.41) is 13.7. The molecule has 3 heteroatoms. The molecule has 0 aromatic carbocycles. The lowest BCUT2D eigenvalue weighted by atomic mass is 9.97. The highest BCUT2D eigenvalue weighted by molar-refractivity contribution is 4.93. The van der Waals surface area contributed by atoms with Crippen LogP contribution in [0.15, 0.2) is 0 Å². The highest BCUT2D eigenvalue weighted by Gasteiger charge is 2.38. The minimum atomic E-state index is -0.452. The van der Waals surface area contributed by atoms with Gasteiger partial charge in [0.25, 0.3) is 0 Å². The average Bonchev–Trinajstić information content (AvgIpc) is 2.77. The van der Waals surface area contributed by atoms with Crippen LogP contribution in [-0.2, 0) is 0 Å². The van der Waals surface area contributed by atoms with Crippen molar-refractivity contribution in [2.45, 2.75) is 32.3 Å². The molecule has 88 valence electrons. The van der Waals surface area contributed by atoms with Gasteiger partial charge in [-0.1, -0.05) is 13.8 Å². The van der Waals surface area contributed by atoms with Gasteiger partial charge in [0.1, 0.15) is 0 Å². The monoisotopic (exact) mass is 212 g/mol. The van der Waals surface area contributed by atoms with Gasteiger partial charge in [0.2, 0.25) is 0 Å². The van der Waals surface area contributed by atoms with E-state index in [1.165, 1.54) is 26.2 Å². The van der Waals surface area contributed by atoms with Gasteiger partial charge in [0, 0.05) is 19.6 Å². The van der Waals surface area contributed by atoms with Crippen LogP contribution in [0.1, 0.15) is 26.7 Å². The maximum absolute atomic E-state index is 10.3. The van der Waals surface area contributed by atoms with Gasteiger partial charge in [-0.2, -0.15) is 0 Å². The van der Waals surface area contributed by atoms with Crippen molar-refractivity contribution in [1.29, 1.82) is 0 Å². The van der Waals surface area contributed by atoms with Crippen molar-refractivity contribution in [2.24, 2.45) is 11.8 Å². The minimum absolute atomic E-state index is 0.452.